The van der Waals surface area contributed by atoms with E-state index in [9.17, 15) is 13.5 Å². The van der Waals surface area contributed by atoms with E-state index in [1.807, 2.05) is 0 Å². The van der Waals surface area contributed by atoms with Gasteiger partial charge in [0, 0.05) is 12.1 Å². The zero-order valence-electron chi connectivity index (χ0n) is 11.6. The average molecular weight is 387 g/mol. The minimum absolute atomic E-state index is 0.0524. The van der Waals surface area contributed by atoms with Crippen molar-refractivity contribution in [2.45, 2.75) is 24.3 Å². The highest BCUT2D eigenvalue weighted by Gasteiger charge is 2.36. The van der Waals surface area contributed by atoms with Gasteiger partial charge in [0.05, 0.1) is 23.7 Å². The molecule has 0 saturated carbocycles. The molecule has 114 valence electrons. The van der Waals surface area contributed by atoms with E-state index in [1.54, 1.807) is 19.9 Å². The fourth-order valence-corrected chi connectivity index (χ4v) is 4.37. The normalized spacial score (nSPS) is 12.8. The summed E-state index contributed by atoms with van der Waals surface area (Å²) in [5.41, 5.74) is -0.946. The molecule has 0 amide bonds. The number of nitrogens with zero attached hydrogens (tertiary/aromatic N) is 1. The molecule has 1 aromatic carbocycles. The summed E-state index contributed by atoms with van der Waals surface area (Å²) in [5.74, 6) is 0.176. The summed E-state index contributed by atoms with van der Waals surface area (Å²) in [6.07, 6.45) is 0. The van der Waals surface area contributed by atoms with Crippen LogP contribution in [0.4, 0.5) is 0 Å². The first-order chi connectivity index (χ1) is 9.07. The van der Waals surface area contributed by atoms with Gasteiger partial charge in [0.2, 0.25) is 10.0 Å². The third kappa shape index (κ3) is 3.28. The number of sulfonamides is 1. The maximum absolute atomic E-state index is 12.7. The summed E-state index contributed by atoms with van der Waals surface area (Å²) in [5, 5.41) is 9.61. The molecule has 8 heteroatoms. The lowest BCUT2D eigenvalue weighted by molar-refractivity contribution is 0.137. The molecule has 0 atom stereocenters. The zero-order valence-corrected chi connectivity index (χ0v) is 14.8. The highest BCUT2D eigenvalue weighted by Crippen LogP contribution is 2.37. The van der Waals surface area contributed by atoms with Gasteiger partial charge in [0.1, 0.15) is 4.90 Å². The number of hydrogen-bond donors (Lipinski definition) is 1. The van der Waals surface area contributed by atoms with E-state index in [0.29, 0.717) is 4.47 Å². The van der Waals surface area contributed by atoms with Crippen molar-refractivity contribution >= 4 is 37.6 Å². The van der Waals surface area contributed by atoms with Gasteiger partial charge < -0.3 is 9.84 Å². The lowest BCUT2D eigenvalue weighted by Crippen LogP contribution is -2.47. The first-order valence-electron chi connectivity index (χ1n) is 5.71. The quantitative estimate of drug-likeness (QED) is 0.844. The van der Waals surface area contributed by atoms with E-state index in [0.717, 1.165) is 4.31 Å². The van der Waals surface area contributed by atoms with Crippen molar-refractivity contribution in [1.82, 2.24) is 4.31 Å². The average Bonchev–Trinajstić information content (AvgIpc) is 2.36. The van der Waals surface area contributed by atoms with E-state index in [-0.39, 0.29) is 22.3 Å². The predicted octanol–water partition coefficient (Wildman–Crippen LogP) is 2.50. The Balaban J connectivity index is 3.51. The Bertz CT molecular complexity index is 604. The Morgan fingerprint density at radius 3 is 2.45 bits per heavy atom. The molecular weight excluding hydrogens is 370 g/mol. The van der Waals surface area contributed by atoms with Crippen molar-refractivity contribution in [2.24, 2.45) is 0 Å². The molecule has 0 bridgehead atoms. The number of methoxy groups -OCH3 is 1. The molecule has 0 aliphatic carbocycles. The van der Waals surface area contributed by atoms with Crippen molar-refractivity contribution in [3.05, 3.63) is 21.6 Å². The Morgan fingerprint density at radius 1 is 1.45 bits per heavy atom. The van der Waals surface area contributed by atoms with E-state index >= 15 is 0 Å². The van der Waals surface area contributed by atoms with E-state index in [1.165, 1.54) is 20.2 Å². The maximum Gasteiger partial charge on any atom is 0.247 e. The number of aliphatic hydroxyl groups is 1. The predicted molar refractivity (Wildman–Crippen MR) is 81.8 cm³/mol. The highest BCUT2D eigenvalue weighted by molar-refractivity contribution is 9.10. The SMILES string of the molecule is COc1c(Br)cc(Cl)cc1S(=O)(=O)N(C)C(C)(C)CO. The summed E-state index contributed by atoms with van der Waals surface area (Å²) in [6.45, 7) is 2.93. The second-order valence-corrected chi connectivity index (χ2v) is 8.09. The van der Waals surface area contributed by atoms with Gasteiger partial charge in [0.15, 0.2) is 5.75 Å². The number of likely N-dealkylation sites (N-methyl/N-ethyl adjacent to an activating group) is 1. The van der Waals surface area contributed by atoms with Gasteiger partial charge in [-0.3, -0.25) is 0 Å². The molecule has 0 heterocycles. The van der Waals surface area contributed by atoms with Gasteiger partial charge in [-0.1, -0.05) is 11.6 Å². The van der Waals surface area contributed by atoms with Gasteiger partial charge in [0.25, 0.3) is 0 Å². The van der Waals surface area contributed by atoms with Gasteiger partial charge in [-0.2, -0.15) is 4.31 Å². The minimum atomic E-state index is -3.86. The molecule has 0 radical (unpaired) electrons. The van der Waals surface area contributed by atoms with Crippen molar-refractivity contribution in [2.75, 3.05) is 20.8 Å². The second kappa shape index (κ2) is 6.19. The lowest BCUT2D eigenvalue weighted by Gasteiger charge is -2.33. The summed E-state index contributed by atoms with van der Waals surface area (Å²) in [7, 11) is -1.08. The molecule has 1 rings (SSSR count). The molecule has 0 aliphatic heterocycles. The van der Waals surface area contributed by atoms with Crippen LogP contribution in [0.2, 0.25) is 5.02 Å². The van der Waals surface area contributed by atoms with Crippen LogP contribution in [-0.4, -0.2) is 44.1 Å². The van der Waals surface area contributed by atoms with Gasteiger partial charge in [-0.15, -0.1) is 0 Å². The Kier molecular flexibility index (Phi) is 5.48. The summed E-state index contributed by atoms with van der Waals surface area (Å²) >= 11 is 9.15. The topological polar surface area (TPSA) is 66.8 Å². The van der Waals surface area contributed by atoms with Crippen molar-refractivity contribution in [1.29, 1.82) is 0 Å². The highest BCUT2D eigenvalue weighted by atomic mass is 79.9. The molecule has 0 unspecified atom stereocenters. The third-order valence-electron chi connectivity index (χ3n) is 3.06. The smallest absolute Gasteiger partial charge is 0.247 e. The Labute approximate surface area is 132 Å². The van der Waals surface area contributed by atoms with E-state index < -0.39 is 15.6 Å². The van der Waals surface area contributed by atoms with Gasteiger partial charge in [-0.05, 0) is 41.9 Å². The molecule has 0 aromatic heterocycles. The van der Waals surface area contributed by atoms with Crippen LogP contribution in [0.25, 0.3) is 0 Å². The van der Waals surface area contributed by atoms with Crippen LogP contribution in [0.3, 0.4) is 0 Å². The van der Waals surface area contributed by atoms with Crippen molar-refractivity contribution < 1.29 is 18.3 Å². The van der Waals surface area contributed by atoms with E-state index in [2.05, 4.69) is 15.9 Å². The fourth-order valence-electron chi connectivity index (χ4n) is 1.50. The summed E-state index contributed by atoms with van der Waals surface area (Å²) in [6, 6.07) is 2.88. The van der Waals surface area contributed by atoms with Crippen LogP contribution < -0.4 is 4.74 Å². The molecule has 0 spiro atoms. The van der Waals surface area contributed by atoms with E-state index in [4.69, 9.17) is 16.3 Å². The monoisotopic (exact) mass is 385 g/mol. The summed E-state index contributed by atoms with van der Waals surface area (Å²) in [4.78, 5) is -0.0524. The number of rotatable bonds is 5. The molecular formula is C12H17BrClNO4S. The Morgan fingerprint density at radius 2 is 2.00 bits per heavy atom. The first-order valence-corrected chi connectivity index (χ1v) is 8.32. The number of halogens is 2. The van der Waals surface area contributed by atoms with Crippen LogP contribution in [0.5, 0.6) is 5.75 Å². The molecule has 0 saturated heterocycles. The lowest BCUT2D eigenvalue weighted by atomic mass is 10.1. The van der Waals surface area contributed by atoms with Crippen LogP contribution in [0.15, 0.2) is 21.5 Å². The number of ether oxygens (including phenoxy) is 1. The fraction of sp³-hybridized carbons (Fsp3) is 0.500. The van der Waals surface area contributed by atoms with Gasteiger partial charge >= 0.3 is 0 Å². The number of benzene rings is 1. The zero-order chi connectivity index (χ0) is 15.7. The van der Waals surface area contributed by atoms with Crippen LogP contribution in [-0.2, 0) is 10.0 Å². The number of aliphatic hydroxyl groups excluding tert-OH is 1. The molecule has 1 aromatic rings. The number of hydrogen-bond acceptors (Lipinski definition) is 4. The van der Waals surface area contributed by atoms with Crippen LogP contribution in [0, 0.1) is 0 Å². The standard InChI is InChI=1S/C12H17BrClNO4S/c1-12(2,7-16)15(3)20(17,18)10-6-8(14)5-9(13)11(10)19-4/h5-6,16H,7H2,1-4H3. The van der Waals surface area contributed by atoms with Crippen LogP contribution in [0.1, 0.15) is 13.8 Å². The van der Waals surface area contributed by atoms with Crippen molar-refractivity contribution in [3.8, 4) is 5.75 Å². The third-order valence-corrected chi connectivity index (χ3v) is 5.94. The largest absolute Gasteiger partial charge is 0.494 e. The maximum atomic E-state index is 12.7. The minimum Gasteiger partial charge on any atom is -0.494 e. The second-order valence-electron chi connectivity index (χ2n) is 4.86. The molecule has 0 fully saturated rings. The molecule has 5 nitrogen and oxygen atoms in total. The molecule has 1 N–H and O–H groups in total. The summed E-state index contributed by atoms with van der Waals surface area (Å²) < 4.78 is 32.0. The van der Waals surface area contributed by atoms with Crippen LogP contribution >= 0.6 is 27.5 Å². The Hall–Kier alpha value is -0.340. The molecule has 20 heavy (non-hydrogen) atoms. The first kappa shape index (κ1) is 17.7. The van der Waals surface area contributed by atoms with Gasteiger partial charge in [-0.25, -0.2) is 8.42 Å². The molecule has 0 aliphatic rings. The van der Waals surface area contributed by atoms with Crippen molar-refractivity contribution in [3.63, 3.8) is 0 Å².